The van der Waals surface area contributed by atoms with Crippen molar-refractivity contribution in [2.24, 2.45) is 11.8 Å². The predicted molar refractivity (Wildman–Crippen MR) is 224 cm³/mol. The van der Waals surface area contributed by atoms with Crippen LogP contribution in [0, 0.1) is 25.7 Å². The SMILES string of the molecule is CNc1nc(C)nc(NC2CCC(C(=O)NCc3ccc(Cl)cc3C(F)(F)F)CC2)n1.CNc1nc(C)nc(NC2CCC(C(=O)NCc3ccc(Cl)cc3Cl)CC2)n1. The number of alkyl halides is 3. The number of amides is 2. The van der Waals surface area contributed by atoms with Crippen LogP contribution in [0.4, 0.5) is 37.0 Å². The number of anilines is 4. The molecule has 0 radical (unpaired) electrons. The van der Waals surface area contributed by atoms with Gasteiger partial charge in [0.05, 0.1) is 5.56 Å². The van der Waals surface area contributed by atoms with Gasteiger partial charge in [0.15, 0.2) is 0 Å². The van der Waals surface area contributed by atoms with E-state index in [0.29, 0.717) is 64.9 Å². The fraction of sp³-hybridized carbons (Fsp3) is 0.487. The molecule has 2 aromatic carbocycles. The van der Waals surface area contributed by atoms with E-state index in [4.69, 9.17) is 34.8 Å². The number of aryl methyl sites for hydroxylation is 2. The topological polar surface area (TPSA) is 184 Å². The Morgan fingerprint density at radius 1 is 0.610 bits per heavy atom. The summed E-state index contributed by atoms with van der Waals surface area (Å²) in [5, 5.41) is 19.2. The first kappa shape index (κ1) is 45.3. The molecule has 2 saturated carbocycles. The van der Waals surface area contributed by atoms with E-state index in [9.17, 15) is 22.8 Å². The van der Waals surface area contributed by atoms with Gasteiger partial charge in [0, 0.05) is 66.2 Å². The summed E-state index contributed by atoms with van der Waals surface area (Å²) in [4.78, 5) is 50.6. The van der Waals surface area contributed by atoms with Gasteiger partial charge < -0.3 is 31.9 Å². The molecule has 6 rings (SSSR count). The maximum Gasteiger partial charge on any atom is 0.416 e. The first-order chi connectivity index (χ1) is 28.1. The van der Waals surface area contributed by atoms with Gasteiger partial charge in [-0.25, -0.2) is 0 Å². The van der Waals surface area contributed by atoms with Crippen molar-refractivity contribution in [2.45, 2.75) is 96.6 Å². The van der Waals surface area contributed by atoms with Crippen LogP contribution in [-0.4, -0.2) is 67.9 Å². The number of hydrogen-bond acceptors (Lipinski definition) is 12. The summed E-state index contributed by atoms with van der Waals surface area (Å²) in [5.41, 5.74) is 0.0215. The molecule has 0 bridgehead atoms. The molecule has 6 N–H and O–H groups in total. The van der Waals surface area contributed by atoms with Crippen LogP contribution in [-0.2, 0) is 28.9 Å². The first-order valence-corrected chi connectivity index (χ1v) is 20.4. The van der Waals surface area contributed by atoms with Crippen molar-refractivity contribution in [3.05, 3.63) is 79.8 Å². The van der Waals surface area contributed by atoms with E-state index in [1.54, 1.807) is 33.2 Å². The van der Waals surface area contributed by atoms with Gasteiger partial charge >= 0.3 is 6.18 Å². The molecule has 14 nitrogen and oxygen atoms in total. The van der Waals surface area contributed by atoms with E-state index >= 15 is 0 Å². The molecular formula is C39H48Cl3F3N12O2. The highest BCUT2D eigenvalue weighted by molar-refractivity contribution is 6.35. The fourth-order valence-electron chi connectivity index (χ4n) is 6.97. The Balaban J connectivity index is 0.000000225. The molecule has 20 heteroatoms. The zero-order chi connectivity index (χ0) is 42.7. The number of rotatable bonds is 12. The van der Waals surface area contributed by atoms with Gasteiger partial charge in [-0.1, -0.05) is 46.9 Å². The molecule has 2 aliphatic rings. The Kier molecular flexibility index (Phi) is 16.1. The highest BCUT2D eigenvalue weighted by Crippen LogP contribution is 2.34. The third kappa shape index (κ3) is 13.6. The summed E-state index contributed by atoms with van der Waals surface area (Å²) < 4.78 is 39.6. The smallest absolute Gasteiger partial charge is 0.357 e. The molecule has 2 aliphatic carbocycles. The Bertz CT molecular complexity index is 2060. The molecule has 0 spiro atoms. The Hall–Kier alpha value is -4.74. The Morgan fingerprint density at radius 2 is 1.02 bits per heavy atom. The minimum absolute atomic E-state index is 0.00318. The van der Waals surface area contributed by atoms with Gasteiger partial charge in [-0.2, -0.15) is 43.1 Å². The lowest BCUT2D eigenvalue weighted by molar-refractivity contribution is -0.138. The standard InChI is InChI=1S/C20H24ClF3N6O.C19H24Cl2N6O/c1-11-27-18(25-2)30-19(28-11)29-15-7-4-12(5-8-15)17(31)26-10-13-3-6-14(21)9-16(13)20(22,23)24;1-11-24-18(22-2)27-19(25-11)26-15-7-4-12(5-8-15)17(28)23-10-13-3-6-14(20)9-16(13)21/h3,6,9,12,15H,4-5,7-8,10H2,1-2H3,(H,26,31)(H2,25,27,28,29,30);3,6,9,12,15H,4-5,7-8,10H2,1-2H3,(H,23,28)(H2,22,24,25,26,27). The summed E-state index contributed by atoms with van der Waals surface area (Å²) in [5.74, 6) is 2.92. The number of halogens is 6. The second-order valence-corrected chi connectivity index (χ2v) is 15.7. The number of nitrogens with one attached hydrogen (secondary N) is 6. The molecule has 2 heterocycles. The van der Waals surface area contributed by atoms with E-state index in [1.165, 1.54) is 12.1 Å². The normalized spacial score (nSPS) is 19.1. The highest BCUT2D eigenvalue weighted by atomic mass is 35.5. The lowest BCUT2D eigenvalue weighted by Crippen LogP contribution is -2.36. The second-order valence-electron chi connectivity index (χ2n) is 14.4. The van der Waals surface area contributed by atoms with Crippen molar-refractivity contribution >= 4 is 70.4 Å². The number of nitrogens with zero attached hydrogens (tertiary/aromatic N) is 6. The highest BCUT2D eigenvalue weighted by Gasteiger charge is 2.34. The molecule has 0 saturated heterocycles. The summed E-state index contributed by atoms with van der Waals surface area (Å²) in [6, 6.07) is 9.21. The number of aromatic nitrogens is 6. The molecule has 59 heavy (non-hydrogen) atoms. The maximum absolute atomic E-state index is 13.2. The van der Waals surface area contributed by atoms with Crippen LogP contribution in [0.3, 0.4) is 0 Å². The second kappa shape index (κ2) is 21.0. The van der Waals surface area contributed by atoms with E-state index in [-0.39, 0.29) is 52.9 Å². The van der Waals surface area contributed by atoms with E-state index in [2.05, 4.69) is 61.8 Å². The van der Waals surface area contributed by atoms with Crippen molar-refractivity contribution in [3.63, 3.8) is 0 Å². The van der Waals surface area contributed by atoms with Crippen molar-refractivity contribution in [3.8, 4) is 0 Å². The molecular weight excluding hydrogens is 832 g/mol. The van der Waals surface area contributed by atoms with Crippen molar-refractivity contribution in [1.82, 2.24) is 40.5 Å². The Labute approximate surface area is 356 Å². The quantitative estimate of drug-likeness (QED) is 0.0808. The molecule has 0 unspecified atom stereocenters. The molecule has 0 aliphatic heterocycles. The van der Waals surface area contributed by atoms with Crippen LogP contribution in [0.1, 0.15) is 79.7 Å². The van der Waals surface area contributed by atoms with Crippen LogP contribution in [0.25, 0.3) is 0 Å². The van der Waals surface area contributed by atoms with Gasteiger partial charge in [-0.15, -0.1) is 0 Å². The van der Waals surface area contributed by atoms with Crippen LogP contribution < -0.4 is 31.9 Å². The largest absolute Gasteiger partial charge is 0.416 e. The Morgan fingerprint density at radius 3 is 1.44 bits per heavy atom. The third-order valence-corrected chi connectivity index (χ3v) is 10.9. The summed E-state index contributed by atoms with van der Waals surface area (Å²) in [6.45, 7) is 3.82. The number of benzene rings is 2. The molecule has 318 valence electrons. The monoisotopic (exact) mass is 878 g/mol. The van der Waals surface area contributed by atoms with Gasteiger partial charge in [0.2, 0.25) is 35.6 Å². The van der Waals surface area contributed by atoms with Gasteiger partial charge in [0.1, 0.15) is 11.6 Å². The fourth-order valence-corrected chi connectivity index (χ4v) is 7.61. The minimum atomic E-state index is -4.53. The van der Waals surface area contributed by atoms with E-state index in [1.807, 2.05) is 13.0 Å². The molecule has 2 aromatic heterocycles. The van der Waals surface area contributed by atoms with E-state index in [0.717, 1.165) is 50.2 Å². The molecule has 4 aromatic rings. The van der Waals surface area contributed by atoms with Crippen LogP contribution in [0.5, 0.6) is 0 Å². The number of carbonyl (C=O) groups excluding carboxylic acids is 2. The molecule has 2 fully saturated rings. The van der Waals surface area contributed by atoms with Crippen molar-refractivity contribution < 1.29 is 22.8 Å². The number of hydrogen-bond donors (Lipinski definition) is 6. The van der Waals surface area contributed by atoms with Gasteiger partial charge in [-0.3, -0.25) is 9.59 Å². The lowest BCUT2D eigenvalue weighted by Gasteiger charge is -2.28. The van der Waals surface area contributed by atoms with Crippen LogP contribution >= 0.6 is 34.8 Å². The van der Waals surface area contributed by atoms with Crippen molar-refractivity contribution in [1.29, 1.82) is 0 Å². The van der Waals surface area contributed by atoms with E-state index < -0.39 is 11.7 Å². The first-order valence-electron chi connectivity index (χ1n) is 19.3. The maximum atomic E-state index is 13.2. The van der Waals surface area contributed by atoms with Crippen LogP contribution in [0.2, 0.25) is 15.1 Å². The molecule has 2 amide bonds. The summed E-state index contributed by atoms with van der Waals surface area (Å²) >= 11 is 17.8. The third-order valence-electron chi connectivity index (χ3n) is 10.1. The average Bonchev–Trinajstić information content (AvgIpc) is 3.19. The zero-order valence-electron chi connectivity index (χ0n) is 33.1. The van der Waals surface area contributed by atoms with Gasteiger partial charge in [-0.05, 0) is 101 Å². The summed E-state index contributed by atoms with van der Waals surface area (Å²) in [6.07, 6.45) is 1.59. The number of carbonyl (C=O) groups is 2. The van der Waals surface area contributed by atoms with Crippen molar-refractivity contribution in [2.75, 3.05) is 35.4 Å². The average molecular weight is 880 g/mol. The van der Waals surface area contributed by atoms with Crippen LogP contribution in [0.15, 0.2) is 36.4 Å². The summed E-state index contributed by atoms with van der Waals surface area (Å²) in [7, 11) is 3.50. The zero-order valence-corrected chi connectivity index (χ0v) is 35.4. The predicted octanol–water partition coefficient (Wildman–Crippen LogP) is 8.00. The minimum Gasteiger partial charge on any atom is -0.357 e. The molecule has 0 atom stereocenters. The van der Waals surface area contributed by atoms with Gasteiger partial charge in [0.25, 0.3) is 0 Å². The lowest BCUT2D eigenvalue weighted by atomic mass is 9.85.